The van der Waals surface area contributed by atoms with Crippen LogP contribution in [0, 0.1) is 11.9 Å². The Morgan fingerprint density at radius 1 is 1.00 bits per heavy atom. The van der Waals surface area contributed by atoms with Gasteiger partial charge in [0.15, 0.2) is 0 Å². The quantitative estimate of drug-likeness (QED) is 0.236. The molecule has 0 bridgehead atoms. The standard InChI is InChI=1S/C24H15Cl5FN3O2/c1-2-11-3-6-18(32-21(11)30)33-22(34)16-10-15(4-5-17(16)27)31-23(35)20-19(24(20,28)29)12-7-13(25)9-14(26)8-12/h2-10,19-20H,1H2,(H,31,35)(H,32,33,34)/t19-,20+/m0/s1. The molecule has 5 nitrogen and oxygen atoms in total. The van der Waals surface area contributed by atoms with E-state index in [1.54, 1.807) is 18.2 Å². The largest absolute Gasteiger partial charge is 0.326 e. The topological polar surface area (TPSA) is 71.1 Å². The molecule has 2 amide bonds. The zero-order chi connectivity index (χ0) is 25.5. The molecular weight excluding hydrogens is 559 g/mol. The van der Waals surface area contributed by atoms with Crippen molar-refractivity contribution in [1.29, 1.82) is 0 Å². The maximum absolute atomic E-state index is 13.9. The fraction of sp³-hybridized carbons (Fsp3) is 0.125. The SMILES string of the molecule is C=Cc1ccc(NC(=O)c2cc(NC(=O)[C@H]3[C@H](c4cc(Cl)cc(Cl)c4)C3(Cl)Cl)ccc2Cl)nc1F. The van der Waals surface area contributed by atoms with Gasteiger partial charge in [0.1, 0.15) is 10.2 Å². The Kier molecular flexibility index (Phi) is 7.32. The first-order chi connectivity index (χ1) is 16.5. The smallest absolute Gasteiger partial charge is 0.258 e. The lowest BCUT2D eigenvalue weighted by Crippen LogP contribution is -2.18. The summed E-state index contributed by atoms with van der Waals surface area (Å²) < 4.78 is 12.5. The summed E-state index contributed by atoms with van der Waals surface area (Å²) in [5, 5.41) is 6.07. The molecule has 0 aliphatic heterocycles. The highest BCUT2D eigenvalue weighted by atomic mass is 35.5. The molecule has 1 aliphatic rings. The van der Waals surface area contributed by atoms with Crippen LogP contribution in [0.25, 0.3) is 6.08 Å². The number of rotatable bonds is 6. The highest BCUT2D eigenvalue weighted by molar-refractivity contribution is 6.53. The van der Waals surface area contributed by atoms with Crippen molar-refractivity contribution in [3.63, 3.8) is 0 Å². The Balaban J connectivity index is 1.50. The minimum atomic E-state index is -1.36. The summed E-state index contributed by atoms with van der Waals surface area (Å²) in [5.41, 5.74) is 1.14. The van der Waals surface area contributed by atoms with Gasteiger partial charge >= 0.3 is 0 Å². The lowest BCUT2D eigenvalue weighted by molar-refractivity contribution is -0.117. The molecule has 3 aromatic rings. The average Bonchev–Trinajstić information content (AvgIpc) is 3.36. The Morgan fingerprint density at radius 3 is 2.31 bits per heavy atom. The number of carbonyl (C=O) groups excluding carboxylic acids is 2. The Hall–Kier alpha value is -2.35. The van der Waals surface area contributed by atoms with Gasteiger partial charge in [0, 0.05) is 27.2 Å². The monoisotopic (exact) mass is 571 g/mol. The molecule has 0 saturated heterocycles. The Morgan fingerprint density at radius 2 is 1.69 bits per heavy atom. The highest BCUT2D eigenvalue weighted by Crippen LogP contribution is 2.65. The van der Waals surface area contributed by atoms with Gasteiger partial charge in [0.05, 0.1) is 16.5 Å². The van der Waals surface area contributed by atoms with Crippen molar-refractivity contribution in [3.8, 4) is 0 Å². The number of hydrogen-bond donors (Lipinski definition) is 2. The molecule has 35 heavy (non-hydrogen) atoms. The van der Waals surface area contributed by atoms with Gasteiger partial charge in [0.2, 0.25) is 11.9 Å². The fourth-order valence-corrected chi connectivity index (χ4v) is 5.24. The normalized spacial score (nSPS) is 18.0. The molecule has 11 heteroatoms. The average molecular weight is 574 g/mol. The summed E-state index contributed by atoms with van der Waals surface area (Å²) in [6, 6.07) is 12.0. The van der Waals surface area contributed by atoms with Gasteiger partial charge in [-0.1, -0.05) is 47.5 Å². The maximum atomic E-state index is 13.9. The van der Waals surface area contributed by atoms with Crippen molar-refractivity contribution in [2.75, 3.05) is 10.6 Å². The van der Waals surface area contributed by atoms with E-state index >= 15 is 0 Å². The van der Waals surface area contributed by atoms with E-state index in [-0.39, 0.29) is 27.7 Å². The third-order valence-corrected chi connectivity index (χ3v) is 7.10. The van der Waals surface area contributed by atoms with Crippen molar-refractivity contribution >= 4 is 87.4 Å². The van der Waals surface area contributed by atoms with Crippen LogP contribution in [-0.2, 0) is 4.79 Å². The molecular formula is C24H15Cl5FN3O2. The van der Waals surface area contributed by atoms with Crippen LogP contribution in [0.3, 0.4) is 0 Å². The predicted octanol–water partition coefficient (Wildman–Crippen LogP) is 7.60. The minimum absolute atomic E-state index is 0.0151. The molecule has 1 saturated carbocycles. The number of carbonyl (C=O) groups is 2. The summed E-state index contributed by atoms with van der Waals surface area (Å²) in [7, 11) is 0. The number of halogens is 6. The van der Waals surface area contributed by atoms with Gasteiger partial charge in [-0.3, -0.25) is 9.59 Å². The van der Waals surface area contributed by atoms with Crippen LogP contribution in [-0.4, -0.2) is 21.1 Å². The zero-order valence-electron chi connectivity index (χ0n) is 17.6. The summed E-state index contributed by atoms with van der Waals surface area (Å²) in [5.74, 6) is -3.23. The van der Waals surface area contributed by atoms with Gasteiger partial charge in [-0.05, 0) is 54.1 Å². The first-order valence-electron chi connectivity index (χ1n) is 10.1. The van der Waals surface area contributed by atoms with Crippen LogP contribution < -0.4 is 10.6 Å². The fourth-order valence-electron chi connectivity index (χ4n) is 3.67. The first kappa shape index (κ1) is 25.7. The van der Waals surface area contributed by atoms with Crippen molar-refractivity contribution in [2.24, 2.45) is 5.92 Å². The second-order valence-electron chi connectivity index (χ2n) is 7.75. The molecule has 2 atom stereocenters. The van der Waals surface area contributed by atoms with Gasteiger partial charge < -0.3 is 10.6 Å². The van der Waals surface area contributed by atoms with E-state index in [1.165, 1.54) is 36.4 Å². The predicted molar refractivity (Wildman–Crippen MR) is 139 cm³/mol. The molecule has 1 aliphatic carbocycles. The number of benzene rings is 2. The number of pyridine rings is 1. The molecule has 0 spiro atoms. The number of hydrogen-bond acceptors (Lipinski definition) is 3. The van der Waals surface area contributed by atoms with Crippen molar-refractivity contribution in [2.45, 2.75) is 10.3 Å². The molecule has 2 N–H and O–H groups in total. The van der Waals surface area contributed by atoms with Crippen LogP contribution in [0.2, 0.25) is 15.1 Å². The Labute approximate surface area is 225 Å². The van der Waals surface area contributed by atoms with Crippen LogP contribution in [0.1, 0.15) is 27.4 Å². The van der Waals surface area contributed by atoms with E-state index in [1.807, 2.05) is 0 Å². The number of aromatic nitrogens is 1. The number of anilines is 2. The van der Waals surface area contributed by atoms with Crippen molar-refractivity contribution in [1.82, 2.24) is 4.98 Å². The zero-order valence-corrected chi connectivity index (χ0v) is 21.4. The molecule has 1 heterocycles. The van der Waals surface area contributed by atoms with Gasteiger partial charge in [0.25, 0.3) is 5.91 Å². The molecule has 180 valence electrons. The summed E-state index contributed by atoms with van der Waals surface area (Å²) in [6.07, 6.45) is 1.30. The van der Waals surface area contributed by atoms with E-state index in [9.17, 15) is 14.0 Å². The summed E-state index contributed by atoms with van der Waals surface area (Å²) in [4.78, 5) is 29.4. The molecule has 0 radical (unpaired) electrons. The Bertz CT molecular complexity index is 1340. The van der Waals surface area contributed by atoms with Crippen molar-refractivity contribution < 1.29 is 14.0 Å². The molecule has 1 fully saturated rings. The number of nitrogens with zero attached hydrogens (tertiary/aromatic N) is 1. The van der Waals surface area contributed by atoms with Crippen LogP contribution in [0.5, 0.6) is 0 Å². The third kappa shape index (κ3) is 5.42. The third-order valence-electron chi connectivity index (χ3n) is 5.40. The van der Waals surface area contributed by atoms with E-state index < -0.39 is 33.9 Å². The van der Waals surface area contributed by atoms with E-state index in [2.05, 4.69) is 22.2 Å². The van der Waals surface area contributed by atoms with Crippen LogP contribution >= 0.6 is 58.0 Å². The maximum Gasteiger partial charge on any atom is 0.258 e. The molecule has 0 unspecified atom stereocenters. The molecule has 4 rings (SSSR count). The van der Waals surface area contributed by atoms with Gasteiger partial charge in [-0.2, -0.15) is 4.39 Å². The number of alkyl halides is 2. The van der Waals surface area contributed by atoms with Crippen molar-refractivity contribution in [3.05, 3.63) is 92.8 Å². The van der Waals surface area contributed by atoms with E-state index in [0.717, 1.165) is 0 Å². The lowest BCUT2D eigenvalue weighted by atomic mass is 10.1. The number of nitrogens with one attached hydrogen (secondary N) is 2. The van der Waals surface area contributed by atoms with Crippen LogP contribution in [0.4, 0.5) is 15.9 Å². The second kappa shape index (κ2) is 9.96. The lowest BCUT2D eigenvalue weighted by Gasteiger charge is -2.10. The minimum Gasteiger partial charge on any atom is -0.326 e. The van der Waals surface area contributed by atoms with Gasteiger partial charge in [-0.15, -0.1) is 23.2 Å². The second-order valence-corrected chi connectivity index (χ2v) is 10.5. The number of amides is 2. The van der Waals surface area contributed by atoms with Crippen LogP contribution in [0.15, 0.2) is 55.1 Å². The first-order valence-corrected chi connectivity index (χ1v) is 11.9. The van der Waals surface area contributed by atoms with E-state index in [4.69, 9.17) is 58.0 Å². The summed E-state index contributed by atoms with van der Waals surface area (Å²) >= 11 is 31.1. The summed E-state index contributed by atoms with van der Waals surface area (Å²) in [6.45, 7) is 3.48. The highest BCUT2D eigenvalue weighted by Gasteiger charge is 2.67. The van der Waals surface area contributed by atoms with Gasteiger partial charge in [-0.25, -0.2) is 4.98 Å². The molecule has 1 aromatic heterocycles. The van der Waals surface area contributed by atoms with E-state index in [0.29, 0.717) is 15.6 Å². The molecule has 2 aromatic carbocycles.